The fourth-order valence-electron chi connectivity index (χ4n) is 4.06. The van der Waals surface area contributed by atoms with E-state index in [1.165, 1.54) is 48.8 Å². The summed E-state index contributed by atoms with van der Waals surface area (Å²) in [6, 6.07) is 16.8. The zero-order valence-electron chi connectivity index (χ0n) is 14.7. The minimum absolute atomic E-state index is 0.626. The highest BCUT2D eigenvalue weighted by Gasteiger charge is 2.20. The molecule has 0 N–H and O–H groups in total. The van der Waals surface area contributed by atoms with E-state index in [0.717, 1.165) is 10.9 Å². The second-order valence-electron chi connectivity index (χ2n) is 7.30. The Labute approximate surface area is 153 Å². The third-order valence-corrected chi connectivity index (χ3v) is 5.69. The SMILES string of the molecule is C=CC1CCC(c2ccc3cc(-c4ccc(F)c(F)c4)ccc3c2)CC1. The van der Waals surface area contributed by atoms with Crippen LogP contribution in [-0.2, 0) is 0 Å². The lowest BCUT2D eigenvalue weighted by Gasteiger charge is -2.27. The van der Waals surface area contributed by atoms with Gasteiger partial charge >= 0.3 is 0 Å². The summed E-state index contributed by atoms with van der Waals surface area (Å²) in [5.74, 6) is -0.328. The maximum Gasteiger partial charge on any atom is 0.159 e. The third-order valence-electron chi connectivity index (χ3n) is 5.69. The Balaban J connectivity index is 1.62. The smallest absolute Gasteiger partial charge is 0.159 e. The summed E-state index contributed by atoms with van der Waals surface area (Å²) < 4.78 is 26.7. The van der Waals surface area contributed by atoms with Crippen molar-refractivity contribution in [3.8, 4) is 11.1 Å². The van der Waals surface area contributed by atoms with Gasteiger partial charge < -0.3 is 0 Å². The highest BCUT2D eigenvalue weighted by Crippen LogP contribution is 2.37. The standard InChI is InChI=1S/C24H22F2/c1-2-16-3-5-17(6-4-16)18-7-8-20-14-21(10-9-19(20)13-18)22-11-12-23(25)24(26)15-22/h2,7-17H,1,3-6H2. The van der Waals surface area contributed by atoms with E-state index >= 15 is 0 Å². The van der Waals surface area contributed by atoms with Gasteiger partial charge in [-0.2, -0.15) is 0 Å². The molecule has 0 spiro atoms. The molecule has 0 nitrogen and oxygen atoms in total. The molecule has 0 heterocycles. The van der Waals surface area contributed by atoms with Crippen molar-refractivity contribution < 1.29 is 8.78 Å². The summed E-state index contributed by atoms with van der Waals surface area (Å²) in [5.41, 5.74) is 2.99. The lowest BCUT2D eigenvalue weighted by atomic mass is 9.78. The molecule has 3 aromatic carbocycles. The molecule has 2 heteroatoms. The molecule has 0 aliphatic heterocycles. The van der Waals surface area contributed by atoms with E-state index in [1.807, 2.05) is 12.1 Å². The van der Waals surface area contributed by atoms with Gasteiger partial charge in [-0.25, -0.2) is 8.78 Å². The normalized spacial score (nSPS) is 20.2. The van der Waals surface area contributed by atoms with Crippen molar-refractivity contribution in [2.45, 2.75) is 31.6 Å². The maximum absolute atomic E-state index is 13.5. The first-order chi connectivity index (χ1) is 12.6. The predicted molar refractivity (Wildman–Crippen MR) is 104 cm³/mol. The number of hydrogen-bond donors (Lipinski definition) is 0. The van der Waals surface area contributed by atoms with Gasteiger partial charge in [-0.3, -0.25) is 0 Å². The number of benzene rings is 3. The van der Waals surface area contributed by atoms with Crippen LogP contribution < -0.4 is 0 Å². The molecule has 1 saturated carbocycles. The molecule has 0 amide bonds. The van der Waals surface area contributed by atoms with E-state index in [2.05, 4.69) is 36.9 Å². The van der Waals surface area contributed by atoms with Gasteiger partial charge in [-0.15, -0.1) is 6.58 Å². The lowest BCUT2D eigenvalue weighted by Crippen LogP contribution is -2.11. The van der Waals surface area contributed by atoms with Gasteiger partial charge in [0.05, 0.1) is 0 Å². The van der Waals surface area contributed by atoms with Crippen molar-refractivity contribution in [2.75, 3.05) is 0 Å². The monoisotopic (exact) mass is 348 g/mol. The zero-order chi connectivity index (χ0) is 18.1. The van der Waals surface area contributed by atoms with Crippen LogP contribution in [0.3, 0.4) is 0 Å². The van der Waals surface area contributed by atoms with Gasteiger partial charge in [0, 0.05) is 0 Å². The molecular formula is C24H22F2. The highest BCUT2D eigenvalue weighted by molar-refractivity contribution is 5.88. The minimum Gasteiger partial charge on any atom is -0.204 e. The van der Waals surface area contributed by atoms with Gasteiger partial charge in [0.15, 0.2) is 11.6 Å². The van der Waals surface area contributed by atoms with E-state index in [0.29, 0.717) is 17.4 Å². The molecule has 1 aliphatic rings. The predicted octanol–water partition coefficient (Wildman–Crippen LogP) is 7.24. The maximum atomic E-state index is 13.5. The van der Waals surface area contributed by atoms with Crippen molar-refractivity contribution in [1.29, 1.82) is 0 Å². The van der Waals surface area contributed by atoms with Crippen LogP contribution in [0.1, 0.15) is 37.2 Å². The molecule has 0 aromatic heterocycles. The van der Waals surface area contributed by atoms with Crippen molar-refractivity contribution in [1.82, 2.24) is 0 Å². The van der Waals surface area contributed by atoms with Gasteiger partial charge in [0.2, 0.25) is 0 Å². The van der Waals surface area contributed by atoms with Crippen LogP contribution in [0.4, 0.5) is 8.78 Å². The molecule has 1 aliphatic carbocycles. The van der Waals surface area contributed by atoms with Crippen LogP contribution in [0.15, 0.2) is 67.3 Å². The van der Waals surface area contributed by atoms with Crippen molar-refractivity contribution in [3.63, 3.8) is 0 Å². The molecule has 0 unspecified atom stereocenters. The Bertz CT molecular complexity index is 950. The zero-order valence-corrected chi connectivity index (χ0v) is 14.7. The Hall–Kier alpha value is -2.48. The number of allylic oxidation sites excluding steroid dienone is 1. The van der Waals surface area contributed by atoms with Gasteiger partial charge in [-0.1, -0.05) is 42.5 Å². The first kappa shape index (κ1) is 17.0. The second kappa shape index (κ2) is 7.03. The van der Waals surface area contributed by atoms with Crippen LogP contribution in [0.5, 0.6) is 0 Å². The number of rotatable bonds is 3. The molecule has 0 saturated heterocycles. The van der Waals surface area contributed by atoms with Gasteiger partial charge in [0.25, 0.3) is 0 Å². The van der Waals surface area contributed by atoms with Crippen molar-refractivity contribution in [3.05, 3.63) is 84.5 Å². The molecule has 4 rings (SSSR count). The summed E-state index contributed by atoms with van der Waals surface area (Å²) in [5, 5.41) is 2.32. The van der Waals surface area contributed by atoms with Crippen LogP contribution in [0.25, 0.3) is 21.9 Å². The molecule has 1 fully saturated rings. The van der Waals surface area contributed by atoms with E-state index in [-0.39, 0.29) is 0 Å². The average Bonchev–Trinajstić information content (AvgIpc) is 2.69. The third kappa shape index (κ3) is 3.29. The van der Waals surface area contributed by atoms with Crippen LogP contribution in [0, 0.1) is 17.6 Å². The summed E-state index contributed by atoms with van der Waals surface area (Å²) >= 11 is 0. The van der Waals surface area contributed by atoms with E-state index in [9.17, 15) is 8.78 Å². The van der Waals surface area contributed by atoms with Gasteiger partial charge in [-0.05, 0) is 83.2 Å². The Morgan fingerprint density at radius 2 is 1.38 bits per heavy atom. The molecule has 0 bridgehead atoms. The Morgan fingerprint density at radius 1 is 0.731 bits per heavy atom. The van der Waals surface area contributed by atoms with E-state index in [4.69, 9.17) is 0 Å². The van der Waals surface area contributed by atoms with Gasteiger partial charge in [0.1, 0.15) is 0 Å². The van der Waals surface area contributed by atoms with E-state index in [1.54, 1.807) is 6.07 Å². The highest BCUT2D eigenvalue weighted by atomic mass is 19.2. The molecule has 26 heavy (non-hydrogen) atoms. The molecule has 0 radical (unpaired) electrons. The summed E-state index contributed by atoms with van der Waals surface area (Å²) in [4.78, 5) is 0. The van der Waals surface area contributed by atoms with Crippen molar-refractivity contribution >= 4 is 10.8 Å². The number of halogens is 2. The number of fused-ring (bicyclic) bond motifs is 1. The quantitative estimate of drug-likeness (QED) is 0.437. The summed E-state index contributed by atoms with van der Waals surface area (Å²) in [6.45, 7) is 3.92. The first-order valence-corrected chi connectivity index (χ1v) is 9.26. The van der Waals surface area contributed by atoms with Crippen LogP contribution >= 0.6 is 0 Å². The molecule has 132 valence electrons. The summed E-state index contributed by atoms with van der Waals surface area (Å²) in [6.07, 6.45) is 6.98. The number of hydrogen-bond acceptors (Lipinski definition) is 0. The van der Waals surface area contributed by atoms with E-state index < -0.39 is 11.6 Å². The average molecular weight is 348 g/mol. The fourth-order valence-corrected chi connectivity index (χ4v) is 4.06. The Kier molecular flexibility index (Phi) is 4.58. The van der Waals surface area contributed by atoms with Crippen LogP contribution in [-0.4, -0.2) is 0 Å². The van der Waals surface area contributed by atoms with Crippen molar-refractivity contribution in [2.24, 2.45) is 5.92 Å². The first-order valence-electron chi connectivity index (χ1n) is 9.26. The fraction of sp³-hybridized carbons (Fsp3) is 0.250. The van der Waals surface area contributed by atoms with Crippen LogP contribution in [0.2, 0.25) is 0 Å². The topological polar surface area (TPSA) is 0 Å². The molecule has 3 aromatic rings. The second-order valence-corrected chi connectivity index (χ2v) is 7.30. The summed E-state index contributed by atoms with van der Waals surface area (Å²) in [7, 11) is 0. The minimum atomic E-state index is -0.814. The Morgan fingerprint density at radius 3 is 2.12 bits per heavy atom. The lowest BCUT2D eigenvalue weighted by molar-refractivity contribution is 0.376. The molecular weight excluding hydrogens is 326 g/mol. The molecule has 0 atom stereocenters. The largest absolute Gasteiger partial charge is 0.204 e.